The number of halogens is 3. The Morgan fingerprint density at radius 1 is 1.37 bits per heavy atom. The maximum Gasteiger partial charge on any atom is 0.422 e. The molecule has 2 saturated heterocycles. The summed E-state index contributed by atoms with van der Waals surface area (Å²) in [5.74, 6) is -0.730. The van der Waals surface area contributed by atoms with E-state index >= 15 is 0 Å². The summed E-state index contributed by atoms with van der Waals surface area (Å²) in [4.78, 5) is 12.7. The van der Waals surface area contributed by atoms with Crippen molar-refractivity contribution in [3.05, 3.63) is 41.6 Å². The van der Waals surface area contributed by atoms with Crippen molar-refractivity contribution in [3.8, 4) is 5.88 Å². The molecule has 0 aliphatic carbocycles. The molecule has 2 bridgehead atoms. The number of amides is 1. The van der Waals surface area contributed by atoms with E-state index in [9.17, 15) is 18.0 Å². The van der Waals surface area contributed by atoms with Crippen molar-refractivity contribution in [2.45, 2.75) is 50.7 Å². The molecule has 162 valence electrons. The maximum absolute atomic E-state index is 12.7. The molecule has 1 amide bonds. The van der Waals surface area contributed by atoms with E-state index in [-0.39, 0.29) is 29.8 Å². The van der Waals surface area contributed by atoms with Crippen molar-refractivity contribution in [1.82, 2.24) is 15.1 Å². The maximum atomic E-state index is 12.7. The van der Waals surface area contributed by atoms with Crippen molar-refractivity contribution < 1.29 is 27.4 Å². The van der Waals surface area contributed by atoms with Gasteiger partial charge in [-0.1, -0.05) is 12.1 Å². The number of aromatic nitrogens is 2. The Labute approximate surface area is 171 Å². The number of nitrogens with one attached hydrogen (secondary N) is 2. The molecule has 1 unspecified atom stereocenters. The molecule has 4 rings (SSSR count). The second-order valence-corrected chi connectivity index (χ2v) is 7.82. The van der Waals surface area contributed by atoms with Gasteiger partial charge in [0.05, 0.1) is 12.2 Å². The lowest BCUT2D eigenvalue weighted by Crippen LogP contribution is -2.33. The molecule has 0 radical (unpaired) electrons. The first-order valence-electron chi connectivity index (χ1n) is 9.79. The second-order valence-electron chi connectivity index (χ2n) is 7.82. The predicted octanol–water partition coefficient (Wildman–Crippen LogP) is 3.46. The first-order chi connectivity index (χ1) is 14.2. The van der Waals surface area contributed by atoms with Crippen LogP contribution in [0.4, 0.5) is 18.9 Å². The van der Waals surface area contributed by atoms with Crippen LogP contribution in [0, 0.1) is 0 Å². The minimum absolute atomic E-state index is 0.00390. The number of carbonyl (C=O) groups excluding carboxylic acids is 1. The van der Waals surface area contributed by atoms with Crippen molar-refractivity contribution in [2.24, 2.45) is 0 Å². The van der Waals surface area contributed by atoms with Gasteiger partial charge in [0.1, 0.15) is 5.69 Å². The van der Waals surface area contributed by atoms with Crippen LogP contribution in [0.3, 0.4) is 0 Å². The Kier molecular flexibility index (Phi) is 5.46. The zero-order valence-electron chi connectivity index (χ0n) is 16.6. The van der Waals surface area contributed by atoms with Crippen LogP contribution in [0.25, 0.3) is 0 Å². The van der Waals surface area contributed by atoms with Gasteiger partial charge in [-0.3, -0.25) is 9.48 Å². The van der Waals surface area contributed by atoms with Crippen molar-refractivity contribution in [2.75, 3.05) is 18.5 Å². The second kappa shape index (κ2) is 7.92. The van der Waals surface area contributed by atoms with Gasteiger partial charge >= 0.3 is 6.18 Å². The molecule has 3 atom stereocenters. The number of anilines is 1. The van der Waals surface area contributed by atoms with Crippen LogP contribution in [0.5, 0.6) is 5.88 Å². The standard InChI is InChI=1S/C20H23F3N4O3/c1-11(2)27-16(8-17(26-27)29-10-20(21,22)23)19(28)25-13-5-3-12(4-6-13)18-15-7-14(30-18)9-24-15/h3-6,8,11,14-15,18,24H,7,9-10H2,1-2H3,(H,25,28)/t14-,15-,18?/m0/s1. The average Bonchev–Trinajstić information content (AvgIpc) is 3.41. The average molecular weight is 424 g/mol. The minimum Gasteiger partial charge on any atom is -0.467 e. The molecule has 10 heteroatoms. The zero-order chi connectivity index (χ0) is 21.5. The highest BCUT2D eigenvalue weighted by Crippen LogP contribution is 2.37. The fourth-order valence-corrected chi connectivity index (χ4v) is 3.79. The van der Waals surface area contributed by atoms with Gasteiger partial charge in [-0.2, -0.15) is 13.2 Å². The summed E-state index contributed by atoms with van der Waals surface area (Å²) in [7, 11) is 0. The first kappa shape index (κ1) is 20.7. The quantitative estimate of drug-likeness (QED) is 0.743. The third-order valence-electron chi connectivity index (χ3n) is 5.14. The number of nitrogens with zero attached hydrogens (tertiary/aromatic N) is 2. The molecule has 2 aliphatic heterocycles. The summed E-state index contributed by atoms with van der Waals surface area (Å²) < 4.78 is 49.2. The van der Waals surface area contributed by atoms with Crippen LogP contribution in [0.1, 0.15) is 48.5 Å². The van der Waals surface area contributed by atoms with E-state index in [1.54, 1.807) is 26.0 Å². The summed E-state index contributed by atoms with van der Waals surface area (Å²) in [6.45, 7) is 2.96. The topological polar surface area (TPSA) is 77.4 Å². The molecular weight excluding hydrogens is 401 g/mol. The summed E-state index contributed by atoms with van der Waals surface area (Å²) in [5, 5.41) is 10.2. The van der Waals surface area contributed by atoms with Gasteiger partial charge in [0.2, 0.25) is 5.88 Å². The van der Waals surface area contributed by atoms with Gasteiger partial charge < -0.3 is 20.1 Å². The number of morpholine rings is 1. The third-order valence-corrected chi connectivity index (χ3v) is 5.14. The number of hydrogen-bond acceptors (Lipinski definition) is 5. The molecule has 3 heterocycles. The minimum atomic E-state index is -4.48. The van der Waals surface area contributed by atoms with Gasteiger partial charge in [0, 0.05) is 30.4 Å². The van der Waals surface area contributed by atoms with Crippen LogP contribution in [-0.2, 0) is 4.74 Å². The number of hydrogen-bond donors (Lipinski definition) is 2. The highest BCUT2D eigenvalue weighted by Gasteiger charge is 2.41. The van der Waals surface area contributed by atoms with E-state index < -0.39 is 18.7 Å². The Morgan fingerprint density at radius 2 is 2.10 bits per heavy atom. The van der Waals surface area contributed by atoms with Crippen LogP contribution in [0.2, 0.25) is 0 Å². The molecule has 2 fully saturated rings. The lowest BCUT2D eigenvalue weighted by atomic mass is 10.0. The normalized spacial score (nSPS) is 23.2. The van der Waals surface area contributed by atoms with E-state index in [0.717, 1.165) is 18.5 Å². The summed E-state index contributed by atoms with van der Waals surface area (Å²) in [6.07, 6.45) is -3.22. The molecule has 0 spiro atoms. The lowest BCUT2D eigenvalue weighted by molar-refractivity contribution is -0.154. The van der Waals surface area contributed by atoms with Crippen LogP contribution < -0.4 is 15.4 Å². The van der Waals surface area contributed by atoms with Crippen molar-refractivity contribution >= 4 is 11.6 Å². The van der Waals surface area contributed by atoms with Gasteiger partial charge in [-0.25, -0.2) is 0 Å². The van der Waals surface area contributed by atoms with Gasteiger partial charge in [0.25, 0.3) is 5.91 Å². The number of fused-ring (bicyclic) bond motifs is 2. The molecule has 30 heavy (non-hydrogen) atoms. The van der Waals surface area contributed by atoms with E-state index in [0.29, 0.717) is 11.7 Å². The molecule has 7 nitrogen and oxygen atoms in total. The number of benzene rings is 1. The van der Waals surface area contributed by atoms with E-state index in [1.807, 2.05) is 12.1 Å². The van der Waals surface area contributed by atoms with Gasteiger partial charge in [-0.05, 0) is 38.0 Å². The smallest absolute Gasteiger partial charge is 0.422 e. The summed E-state index contributed by atoms with van der Waals surface area (Å²) >= 11 is 0. The van der Waals surface area contributed by atoms with Crippen LogP contribution >= 0.6 is 0 Å². The third kappa shape index (κ3) is 4.44. The zero-order valence-corrected chi connectivity index (χ0v) is 16.6. The summed E-state index contributed by atoms with van der Waals surface area (Å²) in [5.41, 5.74) is 1.71. The van der Waals surface area contributed by atoms with Crippen LogP contribution in [-0.4, -0.2) is 47.2 Å². The Hall–Kier alpha value is -2.59. The number of ether oxygens (including phenoxy) is 2. The monoisotopic (exact) mass is 424 g/mol. The molecule has 0 saturated carbocycles. The van der Waals surface area contributed by atoms with Crippen molar-refractivity contribution in [1.29, 1.82) is 0 Å². The van der Waals surface area contributed by atoms with Crippen LogP contribution in [0.15, 0.2) is 30.3 Å². The van der Waals surface area contributed by atoms with Gasteiger partial charge in [0.15, 0.2) is 6.61 Å². The Bertz CT molecular complexity index is 911. The fraction of sp³-hybridized carbons (Fsp3) is 0.500. The fourth-order valence-electron chi connectivity index (χ4n) is 3.79. The predicted molar refractivity (Wildman–Crippen MR) is 103 cm³/mol. The Morgan fingerprint density at radius 3 is 2.67 bits per heavy atom. The van der Waals surface area contributed by atoms with Gasteiger partial charge in [-0.15, -0.1) is 5.10 Å². The van der Waals surface area contributed by atoms with E-state index in [1.165, 1.54) is 10.7 Å². The SMILES string of the molecule is CC(C)n1nc(OCC(F)(F)F)cc1C(=O)Nc1ccc(C2O[C@@H]3CN[C@H]2C3)cc1. The molecule has 1 aromatic heterocycles. The molecule has 1 aromatic carbocycles. The number of rotatable bonds is 6. The Balaban J connectivity index is 1.44. The van der Waals surface area contributed by atoms with E-state index in [2.05, 4.69) is 20.5 Å². The highest BCUT2D eigenvalue weighted by atomic mass is 19.4. The molecule has 2 N–H and O–H groups in total. The molecule has 2 aromatic rings. The largest absolute Gasteiger partial charge is 0.467 e. The first-order valence-corrected chi connectivity index (χ1v) is 9.79. The van der Waals surface area contributed by atoms with Crippen molar-refractivity contribution in [3.63, 3.8) is 0 Å². The van der Waals surface area contributed by atoms with E-state index in [4.69, 9.17) is 4.74 Å². The number of carbonyl (C=O) groups is 1. The lowest BCUT2D eigenvalue weighted by Gasteiger charge is -2.23. The molecular formula is C20H23F3N4O3. The highest BCUT2D eigenvalue weighted by molar-refractivity contribution is 6.03. The number of alkyl halides is 3. The molecule has 2 aliphatic rings. The summed E-state index contributed by atoms with van der Waals surface area (Å²) in [6, 6.07) is 8.65.